The molecule has 3 amide bonds. The molecule has 0 spiro atoms. The van der Waals surface area contributed by atoms with Crippen molar-refractivity contribution in [3.05, 3.63) is 84.2 Å². The summed E-state index contributed by atoms with van der Waals surface area (Å²) in [5, 5.41) is 12.0. The van der Waals surface area contributed by atoms with E-state index in [-0.39, 0.29) is 19.5 Å². The number of carbonyl (C=O) groups is 5. The number of methoxy groups -OCH3 is 2. The molecule has 0 bridgehead atoms. The van der Waals surface area contributed by atoms with Crippen molar-refractivity contribution in [3.8, 4) is 16.9 Å². The molecule has 1 aromatic heterocycles. The Morgan fingerprint density at radius 3 is 2.21 bits per heavy atom. The van der Waals surface area contributed by atoms with Crippen LogP contribution in [0.25, 0.3) is 11.1 Å². The summed E-state index contributed by atoms with van der Waals surface area (Å²) in [6.07, 6.45) is 2.96. The summed E-state index contributed by atoms with van der Waals surface area (Å²) in [4.78, 5) is 70.5. The third-order valence-corrected chi connectivity index (χ3v) is 7.14. The summed E-state index contributed by atoms with van der Waals surface area (Å²) in [6.45, 7) is -0.649. The van der Waals surface area contributed by atoms with Crippen LogP contribution in [-0.2, 0) is 30.3 Å². The van der Waals surface area contributed by atoms with E-state index < -0.39 is 54.7 Å². The summed E-state index contributed by atoms with van der Waals surface area (Å²) in [5.41, 5.74) is 2.85. The number of carbonyl (C=O) groups excluding carboxylic acids is 4. The lowest BCUT2D eigenvalue weighted by Crippen LogP contribution is -2.63. The number of nitrogens with zero attached hydrogens (tertiary/aromatic N) is 3. The molecule has 12 heteroatoms. The SMILES string of the molecule is COC(=O)C[C@H]1C(=O)N(CC(=O)O)CCN1C(=O)[C@H](Cc1ccc(OC)cc1)NC(=O)c1ccc(-c2ccncc2)cc1. The van der Waals surface area contributed by atoms with Crippen molar-refractivity contribution in [3.63, 3.8) is 0 Å². The molecule has 43 heavy (non-hydrogen) atoms. The molecule has 1 fully saturated rings. The maximum absolute atomic E-state index is 14.0. The average molecular weight is 589 g/mol. The standard InChI is InChI=1S/C31H32N4O8/c1-42-24-9-3-20(4-10-24)17-25(33-29(39)23-7-5-21(6-8-23)22-11-13-32-14-12-22)30(40)35-16-15-34(19-27(36)37)31(41)26(35)18-28(38)43-2/h3-14,25-26H,15-19H2,1-2H3,(H,33,39)(H,36,37)/t25-,26-/m0/s1. The van der Waals surface area contributed by atoms with Gasteiger partial charge < -0.3 is 29.7 Å². The number of ether oxygens (including phenoxy) is 2. The Morgan fingerprint density at radius 1 is 0.953 bits per heavy atom. The Kier molecular flexibility index (Phi) is 10.0. The van der Waals surface area contributed by atoms with Crippen molar-refractivity contribution in [2.24, 2.45) is 0 Å². The van der Waals surface area contributed by atoms with Crippen LogP contribution in [0.2, 0.25) is 0 Å². The molecule has 0 saturated carbocycles. The second-order valence-corrected chi connectivity index (χ2v) is 9.87. The van der Waals surface area contributed by atoms with Crippen molar-refractivity contribution >= 4 is 29.7 Å². The summed E-state index contributed by atoms with van der Waals surface area (Å²) >= 11 is 0. The molecule has 2 heterocycles. The van der Waals surface area contributed by atoms with E-state index >= 15 is 0 Å². The Balaban J connectivity index is 1.60. The van der Waals surface area contributed by atoms with Gasteiger partial charge in [0.05, 0.1) is 20.6 Å². The Bertz CT molecular complexity index is 1460. The Labute approximate surface area is 248 Å². The average Bonchev–Trinajstić information content (AvgIpc) is 3.03. The minimum Gasteiger partial charge on any atom is -0.497 e. The lowest BCUT2D eigenvalue weighted by Gasteiger charge is -2.41. The van der Waals surface area contributed by atoms with E-state index in [2.05, 4.69) is 10.3 Å². The zero-order valence-corrected chi connectivity index (χ0v) is 23.8. The predicted octanol–water partition coefficient (Wildman–Crippen LogP) is 1.79. The van der Waals surface area contributed by atoms with Gasteiger partial charge in [-0.15, -0.1) is 0 Å². The lowest BCUT2D eigenvalue weighted by atomic mass is 10.00. The summed E-state index contributed by atoms with van der Waals surface area (Å²) in [6, 6.07) is 15.1. The number of pyridine rings is 1. The van der Waals surface area contributed by atoms with Gasteiger partial charge in [-0.3, -0.25) is 29.0 Å². The van der Waals surface area contributed by atoms with E-state index in [1.165, 1.54) is 12.0 Å². The van der Waals surface area contributed by atoms with Crippen molar-refractivity contribution in [1.82, 2.24) is 20.1 Å². The number of hydrogen-bond donors (Lipinski definition) is 2. The molecule has 2 N–H and O–H groups in total. The first-order valence-corrected chi connectivity index (χ1v) is 13.5. The van der Waals surface area contributed by atoms with Crippen molar-refractivity contribution in [1.29, 1.82) is 0 Å². The Morgan fingerprint density at radius 2 is 1.60 bits per heavy atom. The van der Waals surface area contributed by atoms with Crippen LogP contribution in [0.3, 0.4) is 0 Å². The zero-order valence-electron chi connectivity index (χ0n) is 23.8. The van der Waals surface area contributed by atoms with Crippen molar-refractivity contribution in [2.45, 2.75) is 24.9 Å². The second-order valence-electron chi connectivity index (χ2n) is 9.87. The van der Waals surface area contributed by atoms with E-state index in [9.17, 15) is 29.1 Å². The monoisotopic (exact) mass is 588 g/mol. The molecule has 1 aliphatic heterocycles. The van der Waals surface area contributed by atoms with Gasteiger partial charge in [0.25, 0.3) is 5.91 Å². The first kappa shape index (κ1) is 30.7. The number of esters is 1. The van der Waals surface area contributed by atoms with Gasteiger partial charge in [-0.2, -0.15) is 0 Å². The largest absolute Gasteiger partial charge is 0.497 e. The van der Waals surface area contributed by atoms with Crippen LogP contribution < -0.4 is 10.1 Å². The molecule has 2 aromatic carbocycles. The fraction of sp³-hybridized carbons (Fsp3) is 0.290. The fourth-order valence-electron chi connectivity index (χ4n) is 4.86. The summed E-state index contributed by atoms with van der Waals surface area (Å²) in [5.74, 6) is -3.12. The maximum atomic E-state index is 14.0. The van der Waals surface area contributed by atoms with Gasteiger partial charge in [0.1, 0.15) is 24.4 Å². The molecule has 0 unspecified atom stereocenters. The molecule has 1 saturated heterocycles. The molecule has 12 nitrogen and oxygen atoms in total. The molecule has 4 rings (SSSR count). The maximum Gasteiger partial charge on any atom is 0.323 e. The fourth-order valence-corrected chi connectivity index (χ4v) is 4.86. The van der Waals surface area contributed by atoms with Gasteiger partial charge in [0, 0.05) is 37.5 Å². The molecule has 2 atom stereocenters. The van der Waals surface area contributed by atoms with Crippen LogP contribution in [0.15, 0.2) is 73.1 Å². The Hall–Kier alpha value is -5.26. The third-order valence-electron chi connectivity index (χ3n) is 7.14. The van der Waals surface area contributed by atoms with Gasteiger partial charge in [-0.05, 0) is 53.1 Å². The van der Waals surface area contributed by atoms with Gasteiger partial charge in [-0.1, -0.05) is 24.3 Å². The summed E-state index contributed by atoms with van der Waals surface area (Å²) < 4.78 is 9.95. The number of aliphatic carboxylic acids is 1. The molecule has 224 valence electrons. The normalized spacial score (nSPS) is 15.4. The smallest absolute Gasteiger partial charge is 0.323 e. The number of hydrogen-bond acceptors (Lipinski definition) is 8. The molecule has 0 aliphatic carbocycles. The highest BCUT2D eigenvalue weighted by molar-refractivity contribution is 5.99. The second kappa shape index (κ2) is 14.1. The van der Waals surface area contributed by atoms with E-state index in [4.69, 9.17) is 9.47 Å². The van der Waals surface area contributed by atoms with Crippen molar-refractivity contribution < 1.29 is 38.6 Å². The zero-order chi connectivity index (χ0) is 30.9. The van der Waals surface area contributed by atoms with Crippen LogP contribution in [0, 0.1) is 0 Å². The number of rotatable bonds is 11. The first-order chi connectivity index (χ1) is 20.7. The molecular formula is C31H32N4O8. The van der Waals surface area contributed by atoms with Crippen LogP contribution in [-0.4, -0.2) is 95.5 Å². The number of nitrogens with one attached hydrogen (secondary N) is 1. The number of carboxylic acid groups (broad SMARTS) is 1. The van der Waals surface area contributed by atoms with Crippen LogP contribution in [0.4, 0.5) is 0 Å². The topological polar surface area (TPSA) is 155 Å². The van der Waals surface area contributed by atoms with Gasteiger partial charge in [-0.25, -0.2) is 0 Å². The van der Waals surface area contributed by atoms with E-state index in [1.54, 1.807) is 60.9 Å². The third kappa shape index (κ3) is 7.73. The molecule has 1 aliphatic rings. The van der Waals surface area contributed by atoms with Crippen LogP contribution >= 0.6 is 0 Å². The number of aromatic nitrogens is 1. The number of amides is 3. The highest BCUT2D eigenvalue weighted by atomic mass is 16.5. The highest BCUT2D eigenvalue weighted by Gasteiger charge is 2.41. The van der Waals surface area contributed by atoms with E-state index in [1.807, 2.05) is 12.1 Å². The number of piperazine rings is 1. The van der Waals surface area contributed by atoms with Crippen LogP contribution in [0.1, 0.15) is 22.3 Å². The lowest BCUT2D eigenvalue weighted by molar-refractivity contribution is -0.159. The van der Waals surface area contributed by atoms with E-state index in [0.29, 0.717) is 16.9 Å². The first-order valence-electron chi connectivity index (χ1n) is 13.5. The van der Waals surface area contributed by atoms with Gasteiger partial charge in [0.15, 0.2) is 0 Å². The quantitative estimate of drug-likeness (QED) is 0.319. The number of carboxylic acids is 1. The molecule has 0 radical (unpaired) electrons. The number of benzene rings is 2. The summed E-state index contributed by atoms with van der Waals surface area (Å²) in [7, 11) is 2.69. The molecule has 3 aromatic rings. The highest BCUT2D eigenvalue weighted by Crippen LogP contribution is 2.21. The van der Waals surface area contributed by atoms with Gasteiger partial charge in [0.2, 0.25) is 11.8 Å². The van der Waals surface area contributed by atoms with Crippen molar-refractivity contribution in [2.75, 3.05) is 33.9 Å². The van der Waals surface area contributed by atoms with E-state index in [0.717, 1.165) is 23.1 Å². The minimum atomic E-state index is -1.29. The predicted molar refractivity (Wildman–Crippen MR) is 154 cm³/mol. The molecular weight excluding hydrogens is 556 g/mol. The minimum absolute atomic E-state index is 0.0326. The van der Waals surface area contributed by atoms with Gasteiger partial charge >= 0.3 is 11.9 Å². The van der Waals surface area contributed by atoms with Crippen LogP contribution in [0.5, 0.6) is 5.75 Å².